The van der Waals surface area contributed by atoms with Gasteiger partial charge in [0.25, 0.3) is 5.56 Å². The van der Waals surface area contributed by atoms with Crippen LogP contribution in [-0.4, -0.2) is 31.4 Å². The highest BCUT2D eigenvalue weighted by molar-refractivity contribution is 7.07. The van der Waals surface area contributed by atoms with Crippen LogP contribution in [-0.2, 0) is 9.53 Å². The summed E-state index contributed by atoms with van der Waals surface area (Å²) in [7, 11) is 3.06. The van der Waals surface area contributed by atoms with Gasteiger partial charge < -0.3 is 14.2 Å². The number of nitrogens with zero attached hydrogens (tertiary/aromatic N) is 2. The highest BCUT2D eigenvalue weighted by atomic mass is 35.5. The normalized spacial score (nSPS) is 15.5. The fourth-order valence-corrected chi connectivity index (χ4v) is 5.30. The van der Waals surface area contributed by atoms with E-state index < -0.39 is 12.0 Å². The molecule has 7 nitrogen and oxygen atoms in total. The summed E-state index contributed by atoms with van der Waals surface area (Å²) in [6.07, 6.45) is 1.67. The molecule has 10 heteroatoms. The number of carbonyl (C=O) groups is 1. The topological polar surface area (TPSA) is 79.1 Å². The summed E-state index contributed by atoms with van der Waals surface area (Å²) in [5.41, 5.74) is 1.68. The van der Waals surface area contributed by atoms with E-state index in [-0.39, 0.29) is 17.7 Å². The van der Waals surface area contributed by atoms with Crippen LogP contribution in [0.1, 0.15) is 31.0 Å². The van der Waals surface area contributed by atoms with Gasteiger partial charge >= 0.3 is 5.97 Å². The second kappa shape index (κ2) is 10.3. The second-order valence-electron chi connectivity index (χ2n) is 7.56. The first-order chi connectivity index (χ1) is 16.8. The number of aromatic nitrogens is 1. The number of rotatable bonds is 6. The number of thiazole rings is 1. The van der Waals surface area contributed by atoms with Gasteiger partial charge in [-0.2, -0.15) is 0 Å². The zero-order valence-corrected chi connectivity index (χ0v) is 21.8. The summed E-state index contributed by atoms with van der Waals surface area (Å²) in [4.78, 5) is 31.7. The molecule has 0 saturated carbocycles. The molecule has 4 rings (SSSR count). The van der Waals surface area contributed by atoms with Crippen LogP contribution >= 0.6 is 34.5 Å². The van der Waals surface area contributed by atoms with E-state index in [1.165, 1.54) is 30.1 Å². The molecule has 0 saturated heterocycles. The molecule has 0 N–H and O–H groups in total. The summed E-state index contributed by atoms with van der Waals surface area (Å²) < 4.78 is 18.0. The maximum atomic E-state index is 13.7. The van der Waals surface area contributed by atoms with Crippen LogP contribution < -0.4 is 24.4 Å². The largest absolute Gasteiger partial charge is 0.493 e. The number of benzene rings is 2. The van der Waals surface area contributed by atoms with Crippen molar-refractivity contribution in [3.05, 3.63) is 88.5 Å². The van der Waals surface area contributed by atoms with Gasteiger partial charge in [0.2, 0.25) is 0 Å². The van der Waals surface area contributed by atoms with Gasteiger partial charge in [0.05, 0.1) is 52.7 Å². The Labute approximate surface area is 215 Å². The van der Waals surface area contributed by atoms with Crippen LogP contribution in [0.25, 0.3) is 6.08 Å². The average molecular weight is 533 g/mol. The number of methoxy groups -OCH3 is 2. The van der Waals surface area contributed by atoms with E-state index in [1.807, 2.05) is 0 Å². The molecule has 2 aromatic carbocycles. The molecule has 1 aliphatic rings. The molecule has 0 aliphatic carbocycles. The number of ether oxygens (including phenoxy) is 3. The zero-order chi connectivity index (χ0) is 25.3. The first-order valence-electron chi connectivity index (χ1n) is 10.7. The maximum Gasteiger partial charge on any atom is 0.338 e. The summed E-state index contributed by atoms with van der Waals surface area (Å²) in [6.45, 7) is 3.64. The maximum absolute atomic E-state index is 13.7. The average Bonchev–Trinajstić information content (AvgIpc) is 3.15. The van der Waals surface area contributed by atoms with E-state index in [2.05, 4.69) is 4.99 Å². The first kappa shape index (κ1) is 25.0. The molecular formula is C25H22Cl2N2O5S. The molecule has 0 spiro atoms. The lowest BCUT2D eigenvalue weighted by molar-refractivity contribution is -0.139. The standard InChI is InChI=1S/C25H22Cl2N2O5S/c1-5-34-24(31)20-13(2)28-25-29(22(20)15-9-10-17(32-3)18(11-15)33-4)23(30)19(35-25)12-14-7-6-8-16(26)21(14)27/h6-12,22H,5H2,1-4H3/b19-12+/t22-/m1/s1. The lowest BCUT2D eigenvalue weighted by Crippen LogP contribution is -2.40. The van der Waals surface area contributed by atoms with Crippen molar-refractivity contribution in [1.82, 2.24) is 4.57 Å². The predicted molar refractivity (Wildman–Crippen MR) is 136 cm³/mol. The molecule has 182 valence electrons. The smallest absolute Gasteiger partial charge is 0.338 e. The molecular weight excluding hydrogens is 511 g/mol. The Kier molecular flexibility index (Phi) is 7.35. The van der Waals surface area contributed by atoms with E-state index >= 15 is 0 Å². The number of allylic oxidation sites excluding steroid dienone is 1. The molecule has 1 aromatic heterocycles. The van der Waals surface area contributed by atoms with E-state index in [0.717, 1.165) is 0 Å². The molecule has 0 fully saturated rings. The minimum Gasteiger partial charge on any atom is -0.493 e. The number of hydrogen-bond acceptors (Lipinski definition) is 7. The van der Waals surface area contributed by atoms with Crippen LogP contribution in [0.15, 0.2) is 57.5 Å². The van der Waals surface area contributed by atoms with Gasteiger partial charge in [-0.05, 0) is 49.2 Å². The van der Waals surface area contributed by atoms with Crippen LogP contribution in [0.4, 0.5) is 0 Å². The molecule has 35 heavy (non-hydrogen) atoms. The third-order valence-electron chi connectivity index (χ3n) is 5.51. The van der Waals surface area contributed by atoms with Crippen molar-refractivity contribution in [2.75, 3.05) is 20.8 Å². The minimum absolute atomic E-state index is 0.186. The Morgan fingerprint density at radius 3 is 2.60 bits per heavy atom. The van der Waals surface area contributed by atoms with Crippen molar-refractivity contribution in [3.8, 4) is 11.5 Å². The Bertz CT molecular complexity index is 1520. The summed E-state index contributed by atoms with van der Waals surface area (Å²) in [5, 5.41) is 0.733. The molecule has 1 atom stereocenters. The van der Waals surface area contributed by atoms with Gasteiger partial charge in [0, 0.05) is 0 Å². The molecule has 1 aliphatic heterocycles. The Morgan fingerprint density at radius 1 is 1.17 bits per heavy atom. The number of carbonyl (C=O) groups excluding carboxylic acids is 1. The van der Waals surface area contributed by atoms with E-state index in [4.69, 9.17) is 37.4 Å². The van der Waals surface area contributed by atoms with Crippen LogP contribution in [0.5, 0.6) is 11.5 Å². The highest BCUT2D eigenvalue weighted by Gasteiger charge is 2.34. The van der Waals surface area contributed by atoms with Gasteiger partial charge in [-0.3, -0.25) is 9.36 Å². The highest BCUT2D eigenvalue weighted by Crippen LogP contribution is 2.36. The fourth-order valence-electron chi connectivity index (χ4n) is 3.90. The quantitative estimate of drug-likeness (QED) is 0.446. The van der Waals surface area contributed by atoms with E-state index in [1.54, 1.807) is 56.3 Å². The number of fused-ring (bicyclic) bond motifs is 1. The predicted octanol–water partition coefficient (Wildman–Crippen LogP) is 4.12. The number of hydrogen-bond donors (Lipinski definition) is 0. The minimum atomic E-state index is -0.776. The van der Waals surface area contributed by atoms with Crippen molar-refractivity contribution >= 4 is 46.6 Å². The third-order valence-corrected chi connectivity index (χ3v) is 7.32. The third kappa shape index (κ3) is 4.61. The summed E-state index contributed by atoms with van der Waals surface area (Å²) in [6, 6.07) is 9.69. The van der Waals surface area contributed by atoms with Gasteiger partial charge in [-0.25, -0.2) is 9.79 Å². The van der Waals surface area contributed by atoms with Crippen molar-refractivity contribution < 1.29 is 19.0 Å². The Balaban J connectivity index is 1.99. The van der Waals surface area contributed by atoms with Crippen LogP contribution in [0, 0.1) is 0 Å². The molecule has 3 aromatic rings. The Hall–Kier alpha value is -3.07. The zero-order valence-electron chi connectivity index (χ0n) is 19.4. The summed E-state index contributed by atoms with van der Waals surface area (Å²) >= 11 is 13.7. The molecule has 0 bridgehead atoms. The van der Waals surface area contributed by atoms with Gasteiger partial charge in [-0.1, -0.05) is 52.7 Å². The van der Waals surface area contributed by atoms with E-state index in [0.29, 0.717) is 47.7 Å². The molecule has 0 amide bonds. The molecule has 2 heterocycles. The van der Waals surface area contributed by atoms with Gasteiger partial charge in [-0.15, -0.1) is 0 Å². The van der Waals surface area contributed by atoms with Crippen molar-refractivity contribution in [1.29, 1.82) is 0 Å². The number of halogens is 2. The van der Waals surface area contributed by atoms with Crippen molar-refractivity contribution in [2.45, 2.75) is 19.9 Å². The second-order valence-corrected chi connectivity index (χ2v) is 9.35. The van der Waals surface area contributed by atoms with Crippen molar-refractivity contribution in [2.24, 2.45) is 4.99 Å². The molecule has 0 unspecified atom stereocenters. The summed E-state index contributed by atoms with van der Waals surface area (Å²) in [5.74, 6) is 0.453. The Morgan fingerprint density at radius 2 is 1.91 bits per heavy atom. The van der Waals surface area contributed by atoms with Crippen molar-refractivity contribution in [3.63, 3.8) is 0 Å². The molecule has 0 radical (unpaired) electrons. The first-order valence-corrected chi connectivity index (χ1v) is 12.2. The van der Waals surface area contributed by atoms with E-state index in [9.17, 15) is 9.59 Å². The fraction of sp³-hybridized carbons (Fsp3) is 0.240. The lowest BCUT2D eigenvalue weighted by Gasteiger charge is -2.25. The monoisotopic (exact) mass is 532 g/mol. The SMILES string of the molecule is CCOC(=O)C1=C(C)N=c2s/c(=C/c3cccc(Cl)c3Cl)c(=O)n2[C@@H]1c1ccc(OC)c(OC)c1. The van der Waals surface area contributed by atoms with Gasteiger partial charge in [0.15, 0.2) is 16.3 Å². The van der Waals surface area contributed by atoms with Crippen LogP contribution in [0.3, 0.4) is 0 Å². The van der Waals surface area contributed by atoms with Gasteiger partial charge in [0.1, 0.15) is 0 Å². The van der Waals surface area contributed by atoms with Crippen LogP contribution in [0.2, 0.25) is 10.0 Å². The lowest BCUT2D eigenvalue weighted by atomic mass is 9.95. The number of esters is 1.